The molecule has 0 saturated heterocycles. The fraction of sp³-hybridized carbons (Fsp3) is 0.222. The molecule has 0 atom stereocenters. The molecule has 0 radical (unpaired) electrons. The van der Waals surface area contributed by atoms with Gasteiger partial charge in [-0.3, -0.25) is 15.0 Å². The second-order valence-corrected chi connectivity index (χ2v) is 3.01. The smallest absolute Gasteiger partial charge is 0.271 e. The standard InChI is InChI=1S/C9H10N2O/c1-5-3-4-7-8(6(5)2)10-11-9(7)12/h3-4H,1-2H3,(H2,10,11,12). The summed E-state index contributed by atoms with van der Waals surface area (Å²) in [5.74, 6) is 0. The summed E-state index contributed by atoms with van der Waals surface area (Å²) in [5, 5.41) is 6.16. The Kier molecular flexibility index (Phi) is 1.33. The number of nitrogens with one attached hydrogen (secondary N) is 2. The van der Waals surface area contributed by atoms with Crippen molar-refractivity contribution in [3.05, 3.63) is 33.6 Å². The molecule has 0 saturated carbocycles. The summed E-state index contributed by atoms with van der Waals surface area (Å²) < 4.78 is 0. The van der Waals surface area contributed by atoms with E-state index in [0.29, 0.717) is 0 Å². The van der Waals surface area contributed by atoms with E-state index in [1.807, 2.05) is 26.0 Å². The predicted molar refractivity (Wildman–Crippen MR) is 48.4 cm³/mol. The van der Waals surface area contributed by atoms with Crippen molar-refractivity contribution in [2.24, 2.45) is 0 Å². The Bertz CT molecular complexity index is 479. The Morgan fingerprint density at radius 1 is 1.17 bits per heavy atom. The molecule has 2 rings (SSSR count). The number of H-pyrrole nitrogens is 2. The minimum atomic E-state index is -0.0481. The second-order valence-electron chi connectivity index (χ2n) is 3.01. The fourth-order valence-corrected chi connectivity index (χ4v) is 1.35. The lowest BCUT2D eigenvalue weighted by Gasteiger charge is -1.98. The normalized spacial score (nSPS) is 10.8. The zero-order valence-electron chi connectivity index (χ0n) is 7.06. The van der Waals surface area contributed by atoms with Crippen LogP contribution in [0, 0.1) is 13.8 Å². The molecule has 3 heteroatoms. The number of benzene rings is 1. The first-order valence-electron chi connectivity index (χ1n) is 3.86. The van der Waals surface area contributed by atoms with Gasteiger partial charge in [-0.2, -0.15) is 0 Å². The molecule has 0 fully saturated rings. The Hall–Kier alpha value is -1.51. The van der Waals surface area contributed by atoms with Crippen LogP contribution in [0.25, 0.3) is 10.9 Å². The van der Waals surface area contributed by atoms with Crippen LogP contribution in [-0.4, -0.2) is 10.2 Å². The van der Waals surface area contributed by atoms with Crippen molar-refractivity contribution >= 4 is 10.9 Å². The maximum atomic E-state index is 11.2. The van der Waals surface area contributed by atoms with E-state index < -0.39 is 0 Å². The van der Waals surface area contributed by atoms with Gasteiger partial charge in [0.05, 0.1) is 10.9 Å². The Morgan fingerprint density at radius 3 is 2.67 bits per heavy atom. The van der Waals surface area contributed by atoms with Crippen molar-refractivity contribution in [1.29, 1.82) is 0 Å². The van der Waals surface area contributed by atoms with E-state index in [2.05, 4.69) is 10.2 Å². The van der Waals surface area contributed by atoms with Gasteiger partial charge in [0, 0.05) is 0 Å². The maximum absolute atomic E-state index is 11.2. The SMILES string of the molecule is Cc1ccc2c(=O)[nH][nH]c2c1C. The topological polar surface area (TPSA) is 48.6 Å². The Morgan fingerprint density at radius 2 is 1.92 bits per heavy atom. The number of hydrogen-bond acceptors (Lipinski definition) is 1. The van der Waals surface area contributed by atoms with E-state index in [9.17, 15) is 4.79 Å². The van der Waals surface area contributed by atoms with Crippen LogP contribution in [0.5, 0.6) is 0 Å². The van der Waals surface area contributed by atoms with Gasteiger partial charge in [0.15, 0.2) is 0 Å². The number of fused-ring (bicyclic) bond motifs is 1. The number of aromatic nitrogens is 2. The quantitative estimate of drug-likeness (QED) is 0.605. The summed E-state index contributed by atoms with van der Waals surface area (Å²) in [4.78, 5) is 11.2. The molecule has 2 N–H and O–H groups in total. The highest BCUT2D eigenvalue weighted by atomic mass is 16.1. The summed E-state index contributed by atoms with van der Waals surface area (Å²) in [7, 11) is 0. The first-order valence-corrected chi connectivity index (χ1v) is 3.86. The number of aryl methyl sites for hydroxylation is 2. The predicted octanol–water partition coefficient (Wildman–Crippen LogP) is 1.47. The van der Waals surface area contributed by atoms with E-state index in [4.69, 9.17) is 0 Å². The summed E-state index contributed by atoms with van der Waals surface area (Å²) in [6, 6.07) is 3.80. The van der Waals surface area contributed by atoms with Gasteiger partial charge < -0.3 is 0 Å². The molecule has 0 spiro atoms. The highest BCUT2D eigenvalue weighted by Gasteiger charge is 2.03. The fourth-order valence-electron chi connectivity index (χ4n) is 1.35. The molecule has 0 amide bonds. The third-order valence-corrected chi connectivity index (χ3v) is 2.28. The largest absolute Gasteiger partial charge is 0.297 e. The molecule has 1 aromatic carbocycles. The van der Waals surface area contributed by atoms with Gasteiger partial charge in [0.2, 0.25) is 0 Å². The van der Waals surface area contributed by atoms with Gasteiger partial charge in [-0.25, -0.2) is 0 Å². The minimum absolute atomic E-state index is 0.0481. The monoisotopic (exact) mass is 162 g/mol. The van der Waals surface area contributed by atoms with E-state index in [1.54, 1.807) is 0 Å². The number of hydrogen-bond donors (Lipinski definition) is 2. The highest BCUT2D eigenvalue weighted by molar-refractivity contribution is 5.81. The van der Waals surface area contributed by atoms with Gasteiger partial charge in [-0.15, -0.1) is 0 Å². The summed E-state index contributed by atoms with van der Waals surface area (Å²) in [6.45, 7) is 4.03. The van der Waals surface area contributed by atoms with Crippen LogP contribution in [0.2, 0.25) is 0 Å². The number of aromatic amines is 2. The lowest BCUT2D eigenvalue weighted by Crippen LogP contribution is -1.97. The van der Waals surface area contributed by atoms with Crippen LogP contribution < -0.4 is 5.56 Å². The van der Waals surface area contributed by atoms with E-state index in [-0.39, 0.29) is 5.56 Å². The van der Waals surface area contributed by atoms with E-state index in [0.717, 1.165) is 16.5 Å². The van der Waals surface area contributed by atoms with Gasteiger partial charge in [0.1, 0.15) is 0 Å². The lowest BCUT2D eigenvalue weighted by molar-refractivity contribution is 1.07. The molecule has 0 bridgehead atoms. The van der Waals surface area contributed by atoms with Crippen molar-refractivity contribution < 1.29 is 0 Å². The zero-order valence-corrected chi connectivity index (χ0v) is 7.06. The third kappa shape index (κ3) is 0.794. The maximum Gasteiger partial charge on any atom is 0.271 e. The third-order valence-electron chi connectivity index (χ3n) is 2.28. The van der Waals surface area contributed by atoms with E-state index in [1.165, 1.54) is 5.56 Å². The molecular weight excluding hydrogens is 152 g/mol. The van der Waals surface area contributed by atoms with Crippen LogP contribution in [0.1, 0.15) is 11.1 Å². The van der Waals surface area contributed by atoms with E-state index >= 15 is 0 Å². The van der Waals surface area contributed by atoms with Gasteiger partial charge >= 0.3 is 0 Å². The molecule has 2 aromatic rings. The molecule has 0 aliphatic rings. The zero-order chi connectivity index (χ0) is 8.72. The molecule has 12 heavy (non-hydrogen) atoms. The van der Waals surface area contributed by atoms with Crippen LogP contribution in [0.4, 0.5) is 0 Å². The minimum Gasteiger partial charge on any atom is -0.297 e. The van der Waals surface area contributed by atoms with Crippen LogP contribution >= 0.6 is 0 Å². The second kappa shape index (κ2) is 2.24. The molecule has 3 nitrogen and oxygen atoms in total. The van der Waals surface area contributed by atoms with Crippen molar-refractivity contribution in [1.82, 2.24) is 10.2 Å². The molecule has 62 valence electrons. The van der Waals surface area contributed by atoms with Crippen LogP contribution in [-0.2, 0) is 0 Å². The Balaban J connectivity index is 3.02. The molecule has 1 heterocycles. The van der Waals surface area contributed by atoms with Crippen molar-refractivity contribution in [3.8, 4) is 0 Å². The Labute approximate surface area is 69.4 Å². The molecule has 0 unspecified atom stereocenters. The highest BCUT2D eigenvalue weighted by Crippen LogP contribution is 2.15. The summed E-state index contributed by atoms with van der Waals surface area (Å²) in [5.41, 5.74) is 3.19. The number of rotatable bonds is 0. The lowest BCUT2D eigenvalue weighted by atomic mass is 10.1. The van der Waals surface area contributed by atoms with Crippen LogP contribution in [0.3, 0.4) is 0 Å². The van der Waals surface area contributed by atoms with Gasteiger partial charge in [-0.05, 0) is 31.0 Å². The van der Waals surface area contributed by atoms with Crippen molar-refractivity contribution in [2.45, 2.75) is 13.8 Å². The van der Waals surface area contributed by atoms with Crippen molar-refractivity contribution in [2.75, 3.05) is 0 Å². The molecular formula is C9H10N2O. The summed E-state index contributed by atoms with van der Waals surface area (Å²) >= 11 is 0. The van der Waals surface area contributed by atoms with Crippen molar-refractivity contribution in [3.63, 3.8) is 0 Å². The van der Waals surface area contributed by atoms with Gasteiger partial charge in [0.25, 0.3) is 5.56 Å². The molecule has 0 aliphatic carbocycles. The first-order chi connectivity index (χ1) is 5.70. The average molecular weight is 162 g/mol. The first kappa shape index (κ1) is 7.16. The van der Waals surface area contributed by atoms with Crippen LogP contribution in [0.15, 0.2) is 16.9 Å². The summed E-state index contributed by atoms with van der Waals surface area (Å²) in [6.07, 6.45) is 0. The average Bonchev–Trinajstić information content (AvgIpc) is 2.41. The molecule has 1 aromatic heterocycles. The van der Waals surface area contributed by atoms with Gasteiger partial charge in [-0.1, -0.05) is 6.07 Å². The molecule has 0 aliphatic heterocycles.